The van der Waals surface area contributed by atoms with Crippen molar-refractivity contribution in [1.82, 2.24) is 19.8 Å². The summed E-state index contributed by atoms with van der Waals surface area (Å²) in [6, 6.07) is 12.0. The molecule has 4 N–H and O–H groups in total. The number of sulfonamides is 1. The number of nitrogens with one attached hydrogen (secondary N) is 2. The highest BCUT2D eigenvalue weighted by Crippen LogP contribution is 2.52. The van der Waals surface area contributed by atoms with E-state index in [1.807, 2.05) is 56.3 Å². The summed E-state index contributed by atoms with van der Waals surface area (Å²) < 4.78 is 47.1. The molecular weight excluding hydrogens is 949 g/mol. The normalized spacial score (nSPS) is 23.7. The Morgan fingerprint density at radius 1 is 0.986 bits per heavy atom. The van der Waals surface area contributed by atoms with E-state index in [-0.39, 0.29) is 41.9 Å². The third kappa shape index (κ3) is 12.0. The Bertz CT molecular complexity index is 2470. The standard InChI is InChI=1S/C53H76N4O12S2/c1-12-51(4,5)46(59)48(61)56-25-14-13-18-38(56)50(64)69-39(21-19-33-20-22-40(67-10)41(26-33)68-11)34-16-15-17-35(27-34)52(6,7)23-24-53(8,9)71(65,66)55-29-36-28-37(30-54-36)70-45-31(2)43-42(32(3)58)47(60)57(43)44(45)49(62)63/h15-17,20,22,26-27,31-32,36-39,42-43,54-55,58H,12-14,18-19,21,23-25,28-30H2,1-11H3,(H,62,63)/t31-,32-,36+,37+,38+,39-,42-,43-/m1/s1. The van der Waals surface area contributed by atoms with Crippen LogP contribution in [0.4, 0.5) is 0 Å². The van der Waals surface area contributed by atoms with Gasteiger partial charge in [-0.05, 0) is 113 Å². The third-order valence-electron chi connectivity index (χ3n) is 15.6. The number of rotatable bonds is 23. The lowest BCUT2D eigenvalue weighted by Crippen LogP contribution is -2.63. The monoisotopic (exact) mass is 1020 g/mol. The van der Waals surface area contributed by atoms with E-state index in [1.54, 1.807) is 48.8 Å². The maximum absolute atomic E-state index is 14.3. The number of amides is 2. The summed E-state index contributed by atoms with van der Waals surface area (Å²) in [5.41, 5.74) is 1.20. The number of likely N-dealkylation sites (tertiary alicyclic amines) is 1. The van der Waals surface area contributed by atoms with Gasteiger partial charge in [0.05, 0.1) is 37.0 Å². The van der Waals surface area contributed by atoms with Crippen LogP contribution in [-0.4, -0.2) is 126 Å². The number of carboxylic acids is 1. The van der Waals surface area contributed by atoms with Crippen molar-refractivity contribution in [2.45, 2.75) is 166 Å². The molecule has 0 spiro atoms. The van der Waals surface area contributed by atoms with Crippen molar-refractivity contribution >= 4 is 51.3 Å². The fourth-order valence-electron chi connectivity index (χ4n) is 10.2. The molecule has 3 saturated heterocycles. The van der Waals surface area contributed by atoms with Crippen LogP contribution in [0.25, 0.3) is 0 Å². The molecule has 4 heterocycles. The van der Waals surface area contributed by atoms with Gasteiger partial charge in [0, 0.05) is 47.2 Å². The van der Waals surface area contributed by atoms with Gasteiger partial charge in [-0.3, -0.25) is 14.4 Å². The molecule has 71 heavy (non-hydrogen) atoms. The average molecular weight is 1030 g/mol. The molecule has 0 aliphatic carbocycles. The number of aliphatic hydroxyl groups excluding tert-OH is 1. The maximum atomic E-state index is 14.3. The quantitative estimate of drug-likeness (QED) is 0.0519. The maximum Gasteiger partial charge on any atom is 0.353 e. The largest absolute Gasteiger partial charge is 0.493 e. The predicted octanol–water partition coefficient (Wildman–Crippen LogP) is 6.68. The van der Waals surface area contributed by atoms with Gasteiger partial charge in [-0.2, -0.15) is 0 Å². The van der Waals surface area contributed by atoms with Crippen LogP contribution >= 0.6 is 11.8 Å². The van der Waals surface area contributed by atoms with Crippen molar-refractivity contribution in [3.63, 3.8) is 0 Å². The highest BCUT2D eigenvalue weighted by molar-refractivity contribution is 8.03. The topological polar surface area (TPSA) is 218 Å². The van der Waals surface area contributed by atoms with E-state index in [1.165, 1.54) is 21.6 Å². The van der Waals surface area contributed by atoms with Crippen LogP contribution in [0.5, 0.6) is 11.5 Å². The van der Waals surface area contributed by atoms with Crippen LogP contribution in [0.1, 0.15) is 136 Å². The lowest BCUT2D eigenvalue weighted by molar-refractivity contribution is -0.164. The molecule has 0 bridgehead atoms. The Hall–Kier alpha value is -4.49. The number of piperidine rings is 1. The Kier molecular flexibility index (Phi) is 17.5. The molecule has 3 fully saturated rings. The number of aliphatic carboxylic acids is 1. The van der Waals surface area contributed by atoms with Gasteiger partial charge < -0.3 is 39.5 Å². The predicted molar refractivity (Wildman–Crippen MR) is 272 cm³/mol. The van der Waals surface area contributed by atoms with Gasteiger partial charge in [-0.15, -0.1) is 11.8 Å². The minimum Gasteiger partial charge on any atom is -0.493 e. The molecule has 0 unspecified atom stereocenters. The summed E-state index contributed by atoms with van der Waals surface area (Å²) in [6.07, 6.45) is 2.93. The molecule has 0 aromatic heterocycles. The molecule has 18 heteroatoms. The van der Waals surface area contributed by atoms with Gasteiger partial charge in [-0.1, -0.05) is 71.9 Å². The van der Waals surface area contributed by atoms with Gasteiger partial charge in [0.15, 0.2) is 11.5 Å². The average Bonchev–Trinajstić information content (AvgIpc) is 3.89. The highest BCUT2D eigenvalue weighted by atomic mass is 32.2. The molecule has 2 amide bonds. The molecular formula is C53H76N4O12S2. The Balaban J connectivity index is 1.12. The SMILES string of the molecule is CCC(C)(C)C(=O)C(=O)N1CCCC[C@H]1C(=O)O[C@H](CCc1ccc(OC)c(OC)c1)c1cccc(C(C)(C)CCC(C)(C)S(=O)(=O)NC[C@@H]2C[C@H](SC3=C(C(=O)O)N4C(=O)[C@H]([C@@H](C)O)[C@H]4[C@H]3C)CN2)c1. The Labute approximate surface area is 424 Å². The third-order valence-corrected chi connectivity index (χ3v) is 19.3. The summed E-state index contributed by atoms with van der Waals surface area (Å²) >= 11 is 1.42. The second kappa shape index (κ2) is 22.3. The number of hydrogen-bond donors (Lipinski definition) is 4. The number of hydrogen-bond acceptors (Lipinski definition) is 13. The first-order valence-electron chi connectivity index (χ1n) is 25.0. The molecule has 6 rings (SSSR count). The van der Waals surface area contributed by atoms with Crippen molar-refractivity contribution in [1.29, 1.82) is 0 Å². The number of esters is 1. The summed E-state index contributed by atoms with van der Waals surface area (Å²) in [4.78, 5) is 69.8. The number of fused-ring (bicyclic) bond motifs is 1. The minimum absolute atomic E-state index is 0.0220. The van der Waals surface area contributed by atoms with E-state index in [4.69, 9.17) is 14.2 Å². The van der Waals surface area contributed by atoms with E-state index in [9.17, 15) is 42.6 Å². The molecule has 4 aliphatic heterocycles. The second-order valence-electron chi connectivity index (χ2n) is 21.7. The van der Waals surface area contributed by atoms with E-state index in [2.05, 4.69) is 23.9 Å². The molecule has 2 aromatic carbocycles. The van der Waals surface area contributed by atoms with E-state index >= 15 is 0 Å². The number of aryl methyl sites for hydroxylation is 1. The fourth-order valence-corrected chi connectivity index (χ4v) is 12.9. The smallest absolute Gasteiger partial charge is 0.353 e. The van der Waals surface area contributed by atoms with Crippen LogP contribution < -0.4 is 19.5 Å². The first-order valence-corrected chi connectivity index (χ1v) is 27.4. The van der Waals surface area contributed by atoms with E-state index in [0.717, 1.165) is 16.7 Å². The number of aliphatic hydroxyl groups is 1. The molecule has 2 aromatic rings. The molecule has 0 saturated carbocycles. The van der Waals surface area contributed by atoms with Crippen LogP contribution in [0.3, 0.4) is 0 Å². The van der Waals surface area contributed by atoms with Gasteiger partial charge in [0.25, 0.3) is 5.91 Å². The molecule has 4 aliphatic rings. The van der Waals surface area contributed by atoms with Gasteiger partial charge in [0.1, 0.15) is 17.8 Å². The zero-order valence-electron chi connectivity index (χ0n) is 43.3. The number of methoxy groups -OCH3 is 2. The Morgan fingerprint density at radius 3 is 2.34 bits per heavy atom. The second-order valence-corrected chi connectivity index (χ2v) is 25.4. The number of carbonyl (C=O) groups excluding carboxylic acids is 4. The zero-order chi connectivity index (χ0) is 52.4. The molecule has 392 valence electrons. The van der Waals surface area contributed by atoms with Crippen molar-refractivity contribution < 1.29 is 56.8 Å². The summed E-state index contributed by atoms with van der Waals surface area (Å²) in [7, 11) is -0.699. The van der Waals surface area contributed by atoms with Crippen LogP contribution in [0.2, 0.25) is 0 Å². The number of Topliss-reactive ketones (excluding diaryl/α,β-unsaturated/α-hetero) is 1. The van der Waals surface area contributed by atoms with Gasteiger partial charge in [-0.25, -0.2) is 22.7 Å². The number of ether oxygens (including phenoxy) is 3. The number of thioether (sulfide) groups is 1. The van der Waals surface area contributed by atoms with Gasteiger partial charge >= 0.3 is 11.9 Å². The minimum atomic E-state index is -3.84. The fraction of sp³-hybridized carbons (Fsp3) is 0.642. The lowest BCUT2D eigenvalue weighted by atomic mass is 9.78. The summed E-state index contributed by atoms with van der Waals surface area (Å²) in [6.45, 7) is 17.3. The van der Waals surface area contributed by atoms with Gasteiger partial charge in [0.2, 0.25) is 21.7 Å². The van der Waals surface area contributed by atoms with Crippen LogP contribution in [0, 0.1) is 17.3 Å². The lowest BCUT2D eigenvalue weighted by Gasteiger charge is -2.46. The van der Waals surface area contributed by atoms with Crippen LogP contribution in [0.15, 0.2) is 53.1 Å². The van der Waals surface area contributed by atoms with Crippen molar-refractivity contribution in [2.24, 2.45) is 17.3 Å². The number of benzene rings is 2. The van der Waals surface area contributed by atoms with Crippen molar-refractivity contribution in [3.05, 3.63) is 69.8 Å². The van der Waals surface area contributed by atoms with E-state index in [0.29, 0.717) is 80.7 Å². The number of nitrogens with zero attached hydrogens (tertiary/aromatic N) is 2. The van der Waals surface area contributed by atoms with E-state index < -0.39 is 79.4 Å². The number of β-lactam (4-membered cyclic amide) rings is 1. The number of carboxylic acid groups (broad SMARTS) is 1. The number of carbonyl (C=O) groups is 5. The first-order chi connectivity index (χ1) is 33.3. The van der Waals surface area contributed by atoms with Crippen LogP contribution in [-0.2, 0) is 50.6 Å². The molecule has 8 atom stereocenters. The number of ketones is 1. The molecule has 0 radical (unpaired) electrons. The zero-order valence-corrected chi connectivity index (χ0v) is 45.0. The summed E-state index contributed by atoms with van der Waals surface area (Å²) in [5.74, 6) is -3.05. The highest BCUT2D eigenvalue weighted by Gasteiger charge is 2.60. The van der Waals surface area contributed by atoms with Crippen molar-refractivity contribution in [2.75, 3.05) is 33.9 Å². The Morgan fingerprint density at radius 2 is 1.69 bits per heavy atom. The molecule has 16 nitrogen and oxygen atoms in total. The first kappa shape index (κ1) is 55.8. The summed E-state index contributed by atoms with van der Waals surface area (Å²) in [5, 5.41) is 23.7. The van der Waals surface area contributed by atoms with Crippen molar-refractivity contribution in [3.8, 4) is 11.5 Å².